The van der Waals surface area contributed by atoms with Crippen molar-refractivity contribution in [2.45, 2.75) is 0 Å². The molecule has 0 unspecified atom stereocenters. The Kier molecular flexibility index (Phi) is 3.14. The van der Waals surface area contributed by atoms with Crippen LogP contribution in [0.5, 0.6) is 0 Å². The van der Waals surface area contributed by atoms with Gasteiger partial charge in [-0.05, 0) is 24.3 Å². The molecule has 0 radical (unpaired) electrons. The first kappa shape index (κ1) is 11.9. The van der Waals surface area contributed by atoms with Gasteiger partial charge in [0.2, 0.25) is 5.56 Å². The van der Waals surface area contributed by atoms with Crippen molar-refractivity contribution in [2.75, 3.05) is 17.7 Å². The van der Waals surface area contributed by atoms with Crippen molar-refractivity contribution in [1.82, 2.24) is 4.98 Å². The summed E-state index contributed by atoms with van der Waals surface area (Å²) in [6.07, 6.45) is 0. The van der Waals surface area contributed by atoms with Crippen LogP contribution in [0.2, 0.25) is 0 Å². The number of benzene rings is 1. The maximum atomic E-state index is 12.1. The number of amides is 1. The van der Waals surface area contributed by atoms with Crippen LogP contribution in [0.25, 0.3) is 0 Å². The zero-order valence-electron chi connectivity index (χ0n) is 9.88. The lowest BCUT2D eigenvalue weighted by atomic mass is 10.2. The number of H-pyrrole nitrogens is 1. The number of carbonyl (C=O) groups is 1. The van der Waals surface area contributed by atoms with Crippen LogP contribution in [0.4, 0.5) is 11.4 Å². The number of hydrogen-bond donors (Lipinski definition) is 2. The lowest BCUT2D eigenvalue weighted by Crippen LogP contribution is -2.28. The van der Waals surface area contributed by atoms with Crippen molar-refractivity contribution in [3.63, 3.8) is 0 Å². The Morgan fingerprint density at radius 1 is 1.22 bits per heavy atom. The van der Waals surface area contributed by atoms with Crippen molar-refractivity contribution < 1.29 is 4.79 Å². The Morgan fingerprint density at radius 2 is 1.94 bits per heavy atom. The monoisotopic (exact) mass is 243 g/mol. The number of nitrogens with one attached hydrogen (secondary N) is 1. The molecule has 0 atom stereocenters. The number of aromatic amines is 1. The van der Waals surface area contributed by atoms with Gasteiger partial charge in [-0.1, -0.05) is 12.1 Å². The minimum Gasteiger partial charge on any atom is -0.399 e. The van der Waals surface area contributed by atoms with Crippen LogP contribution in [0, 0.1) is 0 Å². The average molecular weight is 243 g/mol. The maximum Gasteiger partial charge on any atom is 0.274 e. The molecule has 0 aliphatic rings. The molecule has 1 amide bonds. The normalized spacial score (nSPS) is 10.1. The molecule has 92 valence electrons. The predicted molar refractivity (Wildman–Crippen MR) is 70.7 cm³/mol. The maximum absolute atomic E-state index is 12.1. The summed E-state index contributed by atoms with van der Waals surface area (Å²) in [5, 5.41) is 0. The fraction of sp³-hybridized carbons (Fsp3) is 0.0769. The first-order chi connectivity index (χ1) is 8.58. The quantitative estimate of drug-likeness (QED) is 0.779. The highest BCUT2D eigenvalue weighted by molar-refractivity contribution is 6.04. The van der Waals surface area contributed by atoms with Gasteiger partial charge < -0.3 is 15.6 Å². The summed E-state index contributed by atoms with van der Waals surface area (Å²) in [7, 11) is 1.63. The number of pyridine rings is 1. The third-order valence-electron chi connectivity index (χ3n) is 2.56. The van der Waals surface area contributed by atoms with E-state index in [-0.39, 0.29) is 17.2 Å². The Morgan fingerprint density at radius 3 is 2.61 bits per heavy atom. The minimum absolute atomic E-state index is 0.243. The zero-order chi connectivity index (χ0) is 13.1. The predicted octanol–water partition coefficient (Wildman–Crippen LogP) is 1.23. The lowest BCUT2D eigenvalue weighted by molar-refractivity contribution is 0.0988. The molecule has 1 heterocycles. The van der Waals surface area contributed by atoms with Gasteiger partial charge in [0.05, 0.1) is 0 Å². The number of hydrogen-bond acceptors (Lipinski definition) is 3. The van der Waals surface area contributed by atoms with Gasteiger partial charge in [0.15, 0.2) is 0 Å². The van der Waals surface area contributed by atoms with E-state index in [2.05, 4.69) is 4.98 Å². The van der Waals surface area contributed by atoms with E-state index in [4.69, 9.17) is 5.73 Å². The molecule has 0 spiro atoms. The highest BCUT2D eigenvalue weighted by atomic mass is 16.2. The summed E-state index contributed by atoms with van der Waals surface area (Å²) < 4.78 is 0. The second-order valence-corrected chi connectivity index (χ2v) is 3.89. The third-order valence-corrected chi connectivity index (χ3v) is 2.56. The first-order valence-corrected chi connectivity index (χ1v) is 5.41. The molecule has 5 nitrogen and oxygen atoms in total. The summed E-state index contributed by atoms with van der Waals surface area (Å²) in [5.74, 6) is -0.293. The number of nitrogens with two attached hydrogens (primary N) is 1. The number of aromatic nitrogens is 1. The SMILES string of the molecule is CN(C(=O)c1cccc(=O)[nH]1)c1cccc(N)c1. The molecule has 2 rings (SSSR count). The van der Waals surface area contributed by atoms with E-state index in [9.17, 15) is 9.59 Å². The number of nitrogens with zero attached hydrogens (tertiary/aromatic N) is 1. The standard InChI is InChI=1S/C13H13N3O2/c1-16(10-5-2-4-9(14)8-10)13(18)11-6-3-7-12(17)15-11/h2-8H,14H2,1H3,(H,15,17). The van der Waals surface area contributed by atoms with Gasteiger partial charge in [0, 0.05) is 24.5 Å². The smallest absolute Gasteiger partial charge is 0.274 e. The van der Waals surface area contributed by atoms with Crippen molar-refractivity contribution >= 4 is 17.3 Å². The molecule has 0 fully saturated rings. The van der Waals surface area contributed by atoms with Crippen molar-refractivity contribution in [1.29, 1.82) is 0 Å². The van der Waals surface area contributed by atoms with Crippen molar-refractivity contribution in [3.05, 3.63) is 58.5 Å². The summed E-state index contributed by atoms with van der Waals surface area (Å²) in [4.78, 5) is 27.2. The van der Waals surface area contributed by atoms with Gasteiger partial charge >= 0.3 is 0 Å². The molecule has 0 saturated carbocycles. The minimum atomic E-state index is -0.304. The van der Waals surface area contributed by atoms with Crippen LogP contribution in [0.3, 0.4) is 0 Å². The average Bonchev–Trinajstić information content (AvgIpc) is 2.37. The van der Waals surface area contributed by atoms with Crippen LogP contribution in [-0.4, -0.2) is 17.9 Å². The molecule has 0 saturated heterocycles. The summed E-state index contributed by atoms with van der Waals surface area (Å²) in [6.45, 7) is 0. The Labute approximate surface area is 104 Å². The van der Waals surface area contributed by atoms with E-state index in [0.29, 0.717) is 11.4 Å². The van der Waals surface area contributed by atoms with E-state index in [1.165, 1.54) is 11.0 Å². The highest BCUT2D eigenvalue weighted by Crippen LogP contribution is 2.17. The molecule has 2 aromatic rings. The van der Waals surface area contributed by atoms with Crippen LogP contribution in [0.15, 0.2) is 47.3 Å². The second-order valence-electron chi connectivity index (χ2n) is 3.89. The zero-order valence-corrected chi connectivity index (χ0v) is 9.88. The van der Waals surface area contributed by atoms with Crippen LogP contribution < -0.4 is 16.2 Å². The van der Waals surface area contributed by atoms with E-state index in [0.717, 1.165) is 0 Å². The number of nitrogen functional groups attached to an aromatic ring is 1. The molecule has 18 heavy (non-hydrogen) atoms. The molecule has 0 bridgehead atoms. The summed E-state index contributed by atoms with van der Waals surface area (Å²) in [5.41, 5.74) is 6.85. The molecule has 5 heteroatoms. The topological polar surface area (TPSA) is 79.2 Å². The van der Waals surface area contributed by atoms with E-state index >= 15 is 0 Å². The summed E-state index contributed by atoms with van der Waals surface area (Å²) >= 11 is 0. The molecule has 0 aliphatic carbocycles. The van der Waals surface area contributed by atoms with Crippen LogP contribution >= 0.6 is 0 Å². The van der Waals surface area contributed by atoms with Gasteiger partial charge in [-0.15, -0.1) is 0 Å². The van der Waals surface area contributed by atoms with Crippen LogP contribution in [-0.2, 0) is 0 Å². The van der Waals surface area contributed by atoms with Gasteiger partial charge in [-0.25, -0.2) is 0 Å². The second kappa shape index (κ2) is 4.75. The van der Waals surface area contributed by atoms with Crippen LogP contribution in [0.1, 0.15) is 10.5 Å². The molecule has 3 N–H and O–H groups in total. The largest absolute Gasteiger partial charge is 0.399 e. The number of anilines is 2. The van der Waals surface area contributed by atoms with E-state index in [1.807, 2.05) is 0 Å². The fourth-order valence-electron chi connectivity index (χ4n) is 1.60. The van der Waals surface area contributed by atoms with Crippen molar-refractivity contribution in [3.8, 4) is 0 Å². The van der Waals surface area contributed by atoms with Gasteiger partial charge in [0.25, 0.3) is 5.91 Å². The molecule has 1 aromatic carbocycles. The number of carbonyl (C=O) groups excluding carboxylic acids is 1. The van der Waals surface area contributed by atoms with Crippen molar-refractivity contribution in [2.24, 2.45) is 0 Å². The van der Waals surface area contributed by atoms with Gasteiger partial charge in [-0.2, -0.15) is 0 Å². The Bertz CT molecular complexity index is 634. The number of rotatable bonds is 2. The molecule has 0 aliphatic heterocycles. The van der Waals surface area contributed by atoms with E-state index < -0.39 is 0 Å². The van der Waals surface area contributed by atoms with Gasteiger partial charge in [0.1, 0.15) is 5.69 Å². The molecule has 1 aromatic heterocycles. The Balaban J connectivity index is 2.32. The fourth-order valence-corrected chi connectivity index (χ4v) is 1.60. The highest BCUT2D eigenvalue weighted by Gasteiger charge is 2.14. The summed E-state index contributed by atoms with van der Waals surface area (Å²) in [6, 6.07) is 11.4. The third kappa shape index (κ3) is 2.40. The molecular weight excluding hydrogens is 230 g/mol. The van der Waals surface area contributed by atoms with E-state index in [1.54, 1.807) is 43.4 Å². The van der Waals surface area contributed by atoms with Gasteiger partial charge in [-0.3, -0.25) is 9.59 Å². The first-order valence-electron chi connectivity index (χ1n) is 5.41. The molecular formula is C13H13N3O2. The lowest BCUT2D eigenvalue weighted by Gasteiger charge is -2.17. The Hall–Kier alpha value is -2.56.